The van der Waals surface area contributed by atoms with E-state index in [0.29, 0.717) is 5.95 Å². The molecule has 2 N–H and O–H groups in total. The van der Waals surface area contributed by atoms with Gasteiger partial charge in [0, 0.05) is 17.7 Å². The van der Waals surface area contributed by atoms with Crippen LogP contribution in [0.4, 0.5) is 5.95 Å². The molecule has 0 aliphatic heterocycles. The fourth-order valence-corrected chi connectivity index (χ4v) is 1.33. The van der Waals surface area contributed by atoms with E-state index in [2.05, 4.69) is 20.4 Å². The van der Waals surface area contributed by atoms with Crippen LogP contribution >= 0.6 is 0 Å². The van der Waals surface area contributed by atoms with Crippen molar-refractivity contribution < 1.29 is 5.21 Å². The van der Waals surface area contributed by atoms with Crippen molar-refractivity contribution in [3.05, 3.63) is 17.5 Å². The minimum atomic E-state index is -0.0283. The van der Waals surface area contributed by atoms with Gasteiger partial charge < -0.3 is 10.5 Å². The highest BCUT2D eigenvalue weighted by atomic mass is 16.4. The molecule has 0 aliphatic rings. The Morgan fingerprint density at radius 3 is 2.62 bits per heavy atom. The van der Waals surface area contributed by atoms with Gasteiger partial charge in [-0.2, -0.15) is 0 Å². The van der Waals surface area contributed by atoms with Crippen LogP contribution in [0, 0.1) is 6.92 Å². The highest BCUT2D eigenvalue weighted by Gasteiger charge is 2.08. The number of aryl methyl sites for hydroxylation is 1. The first-order valence-electron chi connectivity index (χ1n) is 5.32. The summed E-state index contributed by atoms with van der Waals surface area (Å²) in [6.07, 6.45) is 1.45. The summed E-state index contributed by atoms with van der Waals surface area (Å²) in [6, 6.07) is 2.18. The second-order valence-corrected chi connectivity index (χ2v) is 4.11. The zero-order chi connectivity index (χ0) is 12.1. The zero-order valence-electron chi connectivity index (χ0n) is 10.1. The van der Waals surface area contributed by atoms with Gasteiger partial charge in [0.1, 0.15) is 0 Å². The van der Waals surface area contributed by atoms with E-state index in [1.54, 1.807) is 0 Å². The smallest absolute Gasteiger partial charge is 0.223 e. The van der Waals surface area contributed by atoms with Crippen molar-refractivity contribution in [1.82, 2.24) is 9.97 Å². The molecule has 1 heterocycles. The van der Waals surface area contributed by atoms with E-state index in [0.717, 1.165) is 11.4 Å². The molecule has 16 heavy (non-hydrogen) atoms. The Labute approximate surface area is 95.6 Å². The fourth-order valence-electron chi connectivity index (χ4n) is 1.33. The van der Waals surface area contributed by atoms with Crippen LogP contribution in [0.15, 0.2) is 11.2 Å². The molecule has 0 saturated heterocycles. The lowest BCUT2D eigenvalue weighted by Crippen LogP contribution is -2.14. The molecule has 0 saturated carbocycles. The number of nitrogens with one attached hydrogen (secondary N) is 1. The van der Waals surface area contributed by atoms with Crippen LogP contribution in [-0.2, 0) is 0 Å². The van der Waals surface area contributed by atoms with Gasteiger partial charge in [0.15, 0.2) is 0 Å². The second-order valence-electron chi connectivity index (χ2n) is 4.11. The first-order chi connectivity index (χ1) is 7.52. The normalized spacial score (nSPS) is 13.3. The molecule has 88 valence electrons. The maximum absolute atomic E-state index is 8.49. The molecule has 1 aromatic heterocycles. The molecule has 0 amide bonds. The van der Waals surface area contributed by atoms with Crippen molar-refractivity contribution in [3.63, 3.8) is 0 Å². The van der Waals surface area contributed by atoms with Crippen molar-refractivity contribution in [2.24, 2.45) is 5.16 Å². The lowest BCUT2D eigenvalue weighted by atomic mass is 10.1. The summed E-state index contributed by atoms with van der Waals surface area (Å²) in [5.74, 6) is 0.586. The highest BCUT2D eigenvalue weighted by Crippen LogP contribution is 2.14. The maximum atomic E-state index is 8.49. The molecule has 1 aromatic rings. The summed E-state index contributed by atoms with van der Waals surface area (Å²) in [5, 5.41) is 14.7. The van der Waals surface area contributed by atoms with E-state index in [-0.39, 0.29) is 12.0 Å². The average molecular weight is 222 g/mol. The Morgan fingerprint density at radius 2 is 2.06 bits per heavy atom. The number of hydrogen-bond acceptors (Lipinski definition) is 5. The lowest BCUT2D eigenvalue weighted by molar-refractivity contribution is 0.320. The van der Waals surface area contributed by atoms with Gasteiger partial charge in [-0.05, 0) is 26.8 Å². The molecule has 0 fully saturated rings. The van der Waals surface area contributed by atoms with Crippen molar-refractivity contribution in [1.29, 1.82) is 0 Å². The second kappa shape index (κ2) is 5.44. The third-order valence-corrected chi connectivity index (χ3v) is 2.05. The van der Waals surface area contributed by atoms with E-state index in [1.807, 2.05) is 33.8 Å². The molecule has 0 bridgehead atoms. The van der Waals surface area contributed by atoms with Crippen molar-refractivity contribution in [3.8, 4) is 0 Å². The predicted octanol–water partition coefficient (Wildman–Crippen LogP) is 2.17. The van der Waals surface area contributed by atoms with Crippen LogP contribution in [0.5, 0.6) is 0 Å². The molecule has 0 aromatic carbocycles. The first-order valence-corrected chi connectivity index (χ1v) is 5.32. The van der Waals surface area contributed by atoms with Crippen molar-refractivity contribution >= 4 is 12.2 Å². The summed E-state index contributed by atoms with van der Waals surface area (Å²) < 4.78 is 0. The van der Waals surface area contributed by atoms with Gasteiger partial charge in [0.2, 0.25) is 5.95 Å². The zero-order valence-corrected chi connectivity index (χ0v) is 10.1. The number of nitrogens with zero attached hydrogens (tertiary/aromatic N) is 3. The minimum absolute atomic E-state index is 0.0283. The quantitative estimate of drug-likeness (QED) is 0.465. The summed E-state index contributed by atoms with van der Waals surface area (Å²) in [5.41, 5.74) is 1.74. The van der Waals surface area contributed by atoms with Crippen molar-refractivity contribution in [2.45, 2.75) is 39.7 Å². The van der Waals surface area contributed by atoms with Crippen molar-refractivity contribution in [2.75, 3.05) is 5.32 Å². The van der Waals surface area contributed by atoms with Gasteiger partial charge in [-0.15, -0.1) is 5.16 Å². The van der Waals surface area contributed by atoms with E-state index in [1.165, 1.54) is 6.21 Å². The van der Waals surface area contributed by atoms with Crippen LogP contribution in [0.1, 0.15) is 38.1 Å². The molecular weight excluding hydrogens is 204 g/mol. The van der Waals surface area contributed by atoms with Crippen LogP contribution in [0.2, 0.25) is 0 Å². The number of aromatic nitrogens is 2. The Balaban J connectivity index is 2.97. The average Bonchev–Trinajstić information content (AvgIpc) is 2.15. The third-order valence-electron chi connectivity index (χ3n) is 2.05. The summed E-state index contributed by atoms with van der Waals surface area (Å²) >= 11 is 0. The fraction of sp³-hybridized carbons (Fsp3) is 0.545. The standard InChI is InChI=1S/C11H18N4O/c1-7(2)13-11-14-9(4)5-10(15-11)8(3)6-12-16/h5-8,16H,1-4H3,(H,13,14,15). The topological polar surface area (TPSA) is 70.4 Å². The Hall–Kier alpha value is -1.65. The summed E-state index contributed by atoms with van der Waals surface area (Å²) in [7, 11) is 0. The monoisotopic (exact) mass is 222 g/mol. The molecule has 0 spiro atoms. The molecule has 1 unspecified atom stereocenters. The van der Waals surface area contributed by atoms with Crippen LogP contribution < -0.4 is 5.32 Å². The van der Waals surface area contributed by atoms with Gasteiger partial charge in [-0.25, -0.2) is 9.97 Å². The number of rotatable bonds is 4. The Bertz CT molecular complexity index is 376. The van der Waals surface area contributed by atoms with E-state index < -0.39 is 0 Å². The number of anilines is 1. The Kier molecular flexibility index (Phi) is 4.22. The Morgan fingerprint density at radius 1 is 1.38 bits per heavy atom. The summed E-state index contributed by atoms with van der Waals surface area (Å²) in [6.45, 7) is 7.90. The molecule has 1 atom stereocenters. The molecule has 5 nitrogen and oxygen atoms in total. The van der Waals surface area contributed by atoms with E-state index in [4.69, 9.17) is 5.21 Å². The van der Waals surface area contributed by atoms with E-state index in [9.17, 15) is 0 Å². The van der Waals surface area contributed by atoms with Gasteiger partial charge in [-0.3, -0.25) is 0 Å². The third kappa shape index (κ3) is 3.49. The predicted molar refractivity (Wildman–Crippen MR) is 64.2 cm³/mol. The van der Waals surface area contributed by atoms with Gasteiger partial charge in [0.05, 0.1) is 11.9 Å². The van der Waals surface area contributed by atoms with Crippen LogP contribution in [-0.4, -0.2) is 27.4 Å². The first kappa shape index (κ1) is 12.4. The lowest BCUT2D eigenvalue weighted by Gasteiger charge is -2.11. The van der Waals surface area contributed by atoms with E-state index >= 15 is 0 Å². The maximum Gasteiger partial charge on any atom is 0.223 e. The number of hydrogen-bond donors (Lipinski definition) is 2. The van der Waals surface area contributed by atoms with Gasteiger partial charge in [0.25, 0.3) is 0 Å². The van der Waals surface area contributed by atoms with Crippen LogP contribution in [0.25, 0.3) is 0 Å². The molecule has 0 aliphatic carbocycles. The van der Waals surface area contributed by atoms with Gasteiger partial charge in [-0.1, -0.05) is 6.92 Å². The molecular formula is C11H18N4O. The minimum Gasteiger partial charge on any atom is -0.411 e. The summed E-state index contributed by atoms with van der Waals surface area (Å²) in [4.78, 5) is 8.65. The molecule has 0 radical (unpaired) electrons. The molecule has 5 heteroatoms. The molecule has 1 rings (SSSR count). The number of oxime groups is 1. The largest absolute Gasteiger partial charge is 0.411 e. The highest BCUT2D eigenvalue weighted by molar-refractivity contribution is 5.65. The van der Waals surface area contributed by atoms with Crippen LogP contribution in [0.3, 0.4) is 0 Å². The van der Waals surface area contributed by atoms with Gasteiger partial charge >= 0.3 is 0 Å². The SMILES string of the molecule is Cc1cc(C(C)C=NO)nc(NC(C)C)n1.